The van der Waals surface area contributed by atoms with Gasteiger partial charge in [0, 0.05) is 43.1 Å². The van der Waals surface area contributed by atoms with Gasteiger partial charge in [-0.15, -0.1) is 11.3 Å². The molecule has 6 rings (SSSR count). The molecule has 1 saturated heterocycles. The molecule has 0 spiro atoms. The maximum Gasteiger partial charge on any atom is 0.409 e. The molecule has 1 N–H and O–H groups in total. The van der Waals surface area contributed by atoms with E-state index in [-0.39, 0.29) is 12.2 Å². The van der Waals surface area contributed by atoms with Crippen molar-refractivity contribution in [3.05, 3.63) is 72.0 Å². The molecular formula is C30H29N5O4S. The Balaban J connectivity index is 1.15. The first kappa shape index (κ1) is 25.8. The van der Waals surface area contributed by atoms with Gasteiger partial charge in [-0.25, -0.2) is 19.7 Å². The molecule has 1 fully saturated rings. The van der Waals surface area contributed by atoms with Crippen molar-refractivity contribution >= 4 is 50.1 Å². The third-order valence-electron chi connectivity index (χ3n) is 6.84. The zero-order valence-electron chi connectivity index (χ0n) is 22.3. The number of benzene rings is 3. The Bertz CT molecular complexity index is 1670. The van der Waals surface area contributed by atoms with Gasteiger partial charge in [-0.1, -0.05) is 0 Å². The summed E-state index contributed by atoms with van der Waals surface area (Å²) in [6.45, 7) is 5.44. The van der Waals surface area contributed by atoms with E-state index in [1.54, 1.807) is 22.6 Å². The summed E-state index contributed by atoms with van der Waals surface area (Å²) in [5, 5.41) is 4.29. The van der Waals surface area contributed by atoms with Crippen molar-refractivity contribution in [1.29, 1.82) is 0 Å². The predicted molar refractivity (Wildman–Crippen MR) is 156 cm³/mol. The van der Waals surface area contributed by atoms with Gasteiger partial charge < -0.3 is 24.4 Å². The van der Waals surface area contributed by atoms with Crippen molar-refractivity contribution in [3.8, 4) is 17.2 Å². The summed E-state index contributed by atoms with van der Waals surface area (Å²) in [5.74, 6) is 2.96. The molecule has 3 aromatic carbocycles. The van der Waals surface area contributed by atoms with Crippen molar-refractivity contribution in [2.45, 2.75) is 32.8 Å². The summed E-state index contributed by atoms with van der Waals surface area (Å²) in [6, 6.07) is 17.7. The Morgan fingerprint density at radius 2 is 1.85 bits per heavy atom. The smallest absolute Gasteiger partial charge is 0.409 e. The highest BCUT2D eigenvalue weighted by atomic mass is 32.1. The largest absolute Gasteiger partial charge is 0.490 e. The highest BCUT2D eigenvalue weighted by Crippen LogP contribution is 2.32. The van der Waals surface area contributed by atoms with Crippen LogP contribution in [0.1, 0.15) is 25.3 Å². The first-order valence-electron chi connectivity index (χ1n) is 13.3. The molecule has 40 heavy (non-hydrogen) atoms. The quantitative estimate of drug-likeness (QED) is 0.227. The fourth-order valence-corrected chi connectivity index (χ4v) is 5.44. The van der Waals surface area contributed by atoms with E-state index in [1.165, 1.54) is 0 Å². The van der Waals surface area contributed by atoms with E-state index in [0.717, 1.165) is 62.5 Å². The number of carbonyl (C=O) groups is 1. The minimum atomic E-state index is -0.258. The summed E-state index contributed by atoms with van der Waals surface area (Å²) < 4.78 is 18.7. The SMILES string of the molecule is CCOC(=O)N1CCC(Oc2ccc3ncnc(Nc4ccc(Oc5ccc6scnc6c5)c(C)c4)c3c2)CC1. The first-order valence-corrected chi connectivity index (χ1v) is 14.2. The standard InChI is InChI=1S/C30H29N5O4S/c1-3-37-30(36)35-12-10-21(11-13-35)38-22-5-7-25-24(15-22)29(32-17-31-25)34-20-4-8-27(19(2)14-20)39-23-6-9-28-26(16-23)33-18-40-28/h4-9,14-18,21H,3,10-13H2,1-2H3,(H,31,32,34). The van der Waals surface area contributed by atoms with Crippen LogP contribution in [-0.2, 0) is 4.74 Å². The third-order valence-corrected chi connectivity index (χ3v) is 7.65. The number of aromatic nitrogens is 3. The molecule has 0 saturated carbocycles. The topological polar surface area (TPSA) is 98.7 Å². The second-order valence-corrected chi connectivity index (χ2v) is 10.5. The molecule has 0 aliphatic carbocycles. The van der Waals surface area contributed by atoms with E-state index >= 15 is 0 Å². The summed E-state index contributed by atoms with van der Waals surface area (Å²) in [6.07, 6.45) is 2.81. The van der Waals surface area contributed by atoms with Gasteiger partial charge in [0.05, 0.1) is 27.9 Å². The van der Waals surface area contributed by atoms with Crippen LogP contribution in [0.15, 0.2) is 66.4 Å². The molecule has 0 unspecified atom stereocenters. The van der Waals surface area contributed by atoms with Crippen LogP contribution in [0.5, 0.6) is 17.2 Å². The van der Waals surface area contributed by atoms with Crippen LogP contribution in [0.3, 0.4) is 0 Å². The molecular weight excluding hydrogens is 526 g/mol. The monoisotopic (exact) mass is 555 g/mol. The van der Waals surface area contributed by atoms with Crippen molar-refractivity contribution in [2.24, 2.45) is 0 Å². The minimum Gasteiger partial charge on any atom is -0.490 e. The number of ether oxygens (including phenoxy) is 3. The lowest BCUT2D eigenvalue weighted by molar-refractivity contribution is 0.0704. The van der Waals surface area contributed by atoms with Crippen LogP contribution in [0.4, 0.5) is 16.3 Å². The molecule has 1 aliphatic rings. The number of anilines is 2. The number of piperidine rings is 1. The Morgan fingerprint density at radius 1 is 1.00 bits per heavy atom. The molecule has 3 heterocycles. The second-order valence-electron chi connectivity index (χ2n) is 9.59. The molecule has 2 aromatic heterocycles. The zero-order chi connectivity index (χ0) is 27.5. The lowest BCUT2D eigenvalue weighted by atomic mass is 10.1. The molecule has 204 valence electrons. The number of hydrogen-bond acceptors (Lipinski definition) is 9. The Hall–Kier alpha value is -4.44. The molecule has 1 amide bonds. The lowest BCUT2D eigenvalue weighted by Crippen LogP contribution is -2.42. The predicted octanol–water partition coefficient (Wildman–Crippen LogP) is 7.08. The number of hydrogen-bond donors (Lipinski definition) is 1. The first-order chi connectivity index (χ1) is 19.6. The van der Waals surface area contributed by atoms with Gasteiger partial charge in [0.2, 0.25) is 0 Å². The van der Waals surface area contributed by atoms with Crippen LogP contribution in [0.25, 0.3) is 21.1 Å². The number of nitrogens with one attached hydrogen (secondary N) is 1. The van der Waals surface area contributed by atoms with Crippen molar-refractivity contribution < 1.29 is 19.0 Å². The van der Waals surface area contributed by atoms with Gasteiger partial charge >= 0.3 is 6.09 Å². The molecule has 0 bridgehead atoms. The molecule has 10 heteroatoms. The van der Waals surface area contributed by atoms with E-state index < -0.39 is 0 Å². The maximum atomic E-state index is 12.0. The number of rotatable bonds is 7. The lowest BCUT2D eigenvalue weighted by Gasteiger charge is -2.31. The van der Waals surface area contributed by atoms with Gasteiger partial charge in [-0.3, -0.25) is 0 Å². The summed E-state index contributed by atoms with van der Waals surface area (Å²) in [4.78, 5) is 27.0. The molecule has 1 aliphatic heterocycles. The van der Waals surface area contributed by atoms with E-state index in [2.05, 4.69) is 20.3 Å². The van der Waals surface area contributed by atoms with Gasteiger partial charge in [-0.2, -0.15) is 0 Å². The van der Waals surface area contributed by atoms with Crippen LogP contribution in [-0.4, -0.2) is 51.7 Å². The molecule has 9 nitrogen and oxygen atoms in total. The fourth-order valence-electron chi connectivity index (χ4n) is 4.78. The zero-order valence-corrected chi connectivity index (χ0v) is 23.1. The Morgan fingerprint density at radius 3 is 2.67 bits per heavy atom. The number of amides is 1. The number of carbonyl (C=O) groups excluding carboxylic acids is 1. The number of thiazole rings is 1. The third kappa shape index (κ3) is 5.62. The van der Waals surface area contributed by atoms with E-state index in [1.807, 2.05) is 74.0 Å². The highest BCUT2D eigenvalue weighted by molar-refractivity contribution is 7.16. The van der Waals surface area contributed by atoms with Gasteiger partial charge in [0.25, 0.3) is 0 Å². The Kier molecular flexibility index (Phi) is 7.33. The van der Waals surface area contributed by atoms with Gasteiger partial charge in [0.1, 0.15) is 35.5 Å². The van der Waals surface area contributed by atoms with Crippen molar-refractivity contribution in [2.75, 3.05) is 25.0 Å². The van der Waals surface area contributed by atoms with E-state index in [0.29, 0.717) is 25.5 Å². The molecule has 0 radical (unpaired) electrons. The summed E-state index contributed by atoms with van der Waals surface area (Å²) in [5.41, 5.74) is 5.45. The normalized spacial score (nSPS) is 13.9. The van der Waals surface area contributed by atoms with Gasteiger partial charge in [-0.05, 0) is 67.9 Å². The van der Waals surface area contributed by atoms with Crippen molar-refractivity contribution in [3.63, 3.8) is 0 Å². The average molecular weight is 556 g/mol. The van der Waals surface area contributed by atoms with Crippen LogP contribution < -0.4 is 14.8 Å². The highest BCUT2D eigenvalue weighted by Gasteiger charge is 2.24. The van der Waals surface area contributed by atoms with E-state index in [4.69, 9.17) is 14.2 Å². The van der Waals surface area contributed by atoms with Crippen molar-refractivity contribution in [1.82, 2.24) is 19.9 Å². The summed E-state index contributed by atoms with van der Waals surface area (Å²) >= 11 is 1.61. The summed E-state index contributed by atoms with van der Waals surface area (Å²) in [7, 11) is 0. The van der Waals surface area contributed by atoms with Crippen LogP contribution in [0.2, 0.25) is 0 Å². The number of nitrogens with zero attached hydrogens (tertiary/aromatic N) is 4. The average Bonchev–Trinajstić information content (AvgIpc) is 3.43. The van der Waals surface area contributed by atoms with Crippen LogP contribution in [0, 0.1) is 6.92 Å². The minimum absolute atomic E-state index is 0.0237. The van der Waals surface area contributed by atoms with E-state index in [9.17, 15) is 4.79 Å². The number of fused-ring (bicyclic) bond motifs is 2. The molecule has 5 aromatic rings. The fraction of sp³-hybridized carbons (Fsp3) is 0.267. The Labute approximate surface area is 235 Å². The molecule has 0 atom stereocenters. The number of aryl methyl sites for hydroxylation is 1. The van der Waals surface area contributed by atoms with Crippen LogP contribution >= 0.6 is 11.3 Å². The maximum absolute atomic E-state index is 12.0. The van der Waals surface area contributed by atoms with Gasteiger partial charge in [0.15, 0.2) is 0 Å². The number of likely N-dealkylation sites (tertiary alicyclic amines) is 1. The second kappa shape index (κ2) is 11.4.